The number of carbonyl (C=O) groups excluding carboxylic acids is 1. The molecular formula is C17H15F2N3O2S. The highest BCUT2D eigenvalue weighted by Crippen LogP contribution is 2.28. The summed E-state index contributed by atoms with van der Waals surface area (Å²) in [7, 11) is 0. The molecule has 1 amide bonds. The molecule has 130 valence electrons. The molecule has 2 heterocycles. The fourth-order valence-electron chi connectivity index (χ4n) is 2.50. The number of furan rings is 1. The molecule has 2 aromatic rings. The Labute approximate surface area is 147 Å². The Balaban J connectivity index is 1.76. The summed E-state index contributed by atoms with van der Waals surface area (Å²) in [6.07, 6.45) is 1.36. The van der Waals surface area contributed by atoms with E-state index in [-0.39, 0.29) is 17.4 Å². The van der Waals surface area contributed by atoms with Gasteiger partial charge in [-0.15, -0.1) is 5.10 Å². The van der Waals surface area contributed by atoms with Crippen LogP contribution < -0.4 is 4.90 Å². The molecule has 0 radical (unpaired) electrons. The Morgan fingerprint density at radius 3 is 2.84 bits per heavy atom. The first-order chi connectivity index (χ1) is 12.1. The first-order valence-corrected chi connectivity index (χ1v) is 8.65. The second kappa shape index (κ2) is 7.60. The zero-order valence-electron chi connectivity index (χ0n) is 13.4. The van der Waals surface area contributed by atoms with Crippen LogP contribution in [0.3, 0.4) is 0 Å². The van der Waals surface area contributed by atoms with Crippen LogP contribution in [0, 0.1) is 0 Å². The quantitative estimate of drug-likeness (QED) is 0.577. The lowest BCUT2D eigenvalue weighted by Gasteiger charge is -2.12. The molecule has 0 atom stereocenters. The number of amides is 1. The molecule has 1 aromatic heterocycles. The Hall–Kier alpha value is -2.48. The van der Waals surface area contributed by atoms with Gasteiger partial charge >= 0.3 is 0 Å². The summed E-state index contributed by atoms with van der Waals surface area (Å²) in [6, 6.07) is 10.6. The van der Waals surface area contributed by atoms with Crippen LogP contribution in [0.2, 0.25) is 0 Å². The number of thioether (sulfide) groups is 1. The molecule has 1 aliphatic rings. The van der Waals surface area contributed by atoms with Gasteiger partial charge in [-0.3, -0.25) is 4.79 Å². The summed E-state index contributed by atoms with van der Waals surface area (Å²) < 4.78 is 29.7. The van der Waals surface area contributed by atoms with Crippen molar-refractivity contribution in [3.8, 4) is 0 Å². The van der Waals surface area contributed by atoms with Crippen LogP contribution in [0.25, 0.3) is 0 Å². The molecule has 3 rings (SSSR count). The van der Waals surface area contributed by atoms with Crippen LogP contribution in [0.5, 0.6) is 0 Å². The van der Waals surface area contributed by atoms with Gasteiger partial charge in [0, 0.05) is 12.1 Å². The van der Waals surface area contributed by atoms with Crippen LogP contribution in [0.4, 0.5) is 14.5 Å². The van der Waals surface area contributed by atoms with Gasteiger partial charge in [0.2, 0.25) is 0 Å². The van der Waals surface area contributed by atoms with Crippen molar-refractivity contribution in [1.29, 1.82) is 0 Å². The topological polar surface area (TPSA) is 58.2 Å². The molecule has 8 heteroatoms. The van der Waals surface area contributed by atoms with E-state index in [1.165, 1.54) is 6.21 Å². The number of benzene rings is 1. The van der Waals surface area contributed by atoms with Crippen LogP contribution in [-0.2, 0) is 10.5 Å². The van der Waals surface area contributed by atoms with E-state index in [1.54, 1.807) is 17.0 Å². The van der Waals surface area contributed by atoms with Crippen molar-refractivity contribution in [2.75, 3.05) is 11.4 Å². The maximum atomic E-state index is 12.4. The molecular weight excluding hydrogens is 348 g/mol. The number of carbonyl (C=O) groups is 1. The molecule has 0 aliphatic carbocycles. The molecule has 0 unspecified atom stereocenters. The summed E-state index contributed by atoms with van der Waals surface area (Å²) in [5.41, 5.74) is 1.82. The number of para-hydroxylation sites is 1. The maximum absolute atomic E-state index is 12.4. The minimum absolute atomic E-state index is 0.0807. The van der Waals surface area contributed by atoms with Gasteiger partial charge in [-0.2, -0.15) is 13.9 Å². The normalized spacial score (nSPS) is 15.8. The molecule has 25 heavy (non-hydrogen) atoms. The molecule has 1 aliphatic heterocycles. The zero-order valence-corrected chi connectivity index (χ0v) is 14.2. The highest BCUT2D eigenvalue weighted by molar-refractivity contribution is 7.98. The van der Waals surface area contributed by atoms with E-state index in [0.29, 0.717) is 29.8 Å². The maximum Gasteiger partial charge on any atom is 0.284 e. The smallest absolute Gasteiger partial charge is 0.284 e. The molecule has 0 N–H and O–H groups in total. The van der Waals surface area contributed by atoms with Gasteiger partial charge in [0.1, 0.15) is 11.5 Å². The Morgan fingerprint density at radius 1 is 1.28 bits per heavy atom. The summed E-state index contributed by atoms with van der Waals surface area (Å²) >= 11 is 0.488. The highest BCUT2D eigenvalue weighted by atomic mass is 32.2. The van der Waals surface area contributed by atoms with Crippen molar-refractivity contribution in [2.45, 2.75) is 18.4 Å². The number of rotatable bonds is 6. The number of hydrogen-bond donors (Lipinski definition) is 0. The van der Waals surface area contributed by atoms with Gasteiger partial charge in [0.05, 0.1) is 17.7 Å². The van der Waals surface area contributed by atoms with Gasteiger partial charge in [0.25, 0.3) is 11.7 Å². The lowest BCUT2D eigenvalue weighted by molar-refractivity contribution is -0.112. The number of nitrogens with zero attached hydrogens (tertiary/aromatic N) is 3. The number of anilines is 1. The lowest BCUT2D eigenvalue weighted by atomic mass is 10.1. The molecule has 0 bridgehead atoms. The number of halogens is 2. The fourth-order valence-corrected chi connectivity index (χ4v) is 2.95. The average Bonchev–Trinajstić information content (AvgIpc) is 3.16. The van der Waals surface area contributed by atoms with Crippen LogP contribution >= 0.6 is 11.8 Å². The predicted octanol–water partition coefficient (Wildman–Crippen LogP) is 3.93. The third-order valence-corrected chi connectivity index (χ3v) is 4.29. The molecule has 5 nitrogen and oxygen atoms in total. The second-order valence-corrected chi connectivity index (χ2v) is 6.11. The van der Waals surface area contributed by atoms with Gasteiger partial charge in [-0.25, -0.2) is 0 Å². The predicted molar refractivity (Wildman–Crippen MR) is 94.6 cm³/mol. The molecule has 1 aromatic carbocycles. The van der Waals surface area contributed by atoms with Crippen molar-refractivity contribution < 1.29 is 18.0 Å². The average molecular weight is 363 g/mol. The first kappa shape index (κ1) is 17.3. The van der Waals surface area contributed by atoms with Crippen LogP contribution in [-0.4, -0.2) is 30.1 Å². The largest absolute Gasteiger partial charge is 0.459 e. The third kappa shape index (κ3) is 3.79. The Bertz CT molecular complexity index is 833. The SMILES string of the molecule is CCN1C(=O)/C(=N/N=C\c2ccc(CSC(F)F)o2)c2ccccc21. The molecule has 0 saturated heterocycles. The first-order valence-electron chi connectivity index (χ1n) is 7.61. The minimum Gasteiger partial charge on any atom is -0.459 e. The Morgan fingerprint density at radius 2 is 2.08 bits per heavy atom. The van der Waals surface area contributed by atoms with E-state index in [0.717, 1.165) is 11.3 Å². The zero-order chi connectivity index (χ0) is 17.8. The Kier molecular flexibility index (Phi) is 5.28. The molecule has 0 saturated carbocycles. The fraction of sp³-hybridized carbons (Fsp3) is 0.235. The van der Waals surface area contributed by atoms with Gasteiger partial charge in [-0.05, 0) is 25.1 Å². The lowest BCUT2D eigenvalue weighted by Crippen LogP contribution is -2.29. The van der Waals surface area contributed by atoms with Crippen LogP contribution in [0.1, 0.15) is 24.0 Å². The van der Waals surface area contributed by atoms with E-state index in [2.05, 4.69) is 10.2 Å². The summed E-state index contributed by atoms with van der Waals surface area (Å²) in [6.45, 7) is 2.44. The summed E-state index contributed by atoms with van der Waals surface area (Å²) in [5, 5.41) is 7.95. The third-order valence-electron chi connectivity index (χ3n) is 3.59. The standard InChI is InChI=1S/C17H15F2N3O2S/c1-2-22-14-6-4-3-5-13(14)15(16(22)23)21-20-9-11-7-8-12(24-11)10-25-17(18)19/h3-9,17H,2,10H2,1H3/b20-9-,21-15+. The van der Waals surface area contributed by atoms with Crippen molar-refractivity contribution in [3.63, 3.8) is 0 Å². The highest BCUT2D eigenvalue weighted by Gasteiger charge is 2.32. The van der Waals surface area contributed by atoms with E-state index >= 15 is 0 Å². The van der Waals surface area contributed by atoms with Crippen molar-refractivity contribution in [1.82, 2.24) is 0 Å². The summed E-state index contributed by atoms with van der Waals surface area (Å²) in [4.78, 5) is 14.0. The molecule has 0 fully saturated rings. The van der Waals surface area contributed by atoms with E-state index < -0.39 is 5.76 Å². The monoisotopic (exact) mass is 363 g/mol. The van der Waals surface area contributed by atoms with Gasteiger partial charge in [0.15, 0.2) is 5.71 Å². The van der Waals surface area contributed by atoms with E-state index in [9.17, 15) is 13.6 Å². The second-order valence-electron chi connectivity index (χ2n) is 5.14. The van der Waals surface area contributed by atoms with Gasteiger partial charge < -0.3 is 9.32 Å². The number of hydrogen-bond acceptors (Lipinski definition) is 5. The van der Waals surface area contributed by atoms with Gasteiger partial charge in [-0.1, -0.05) is 30.0 Å². The van der Waals surface area contributed by atoms with Crippen molar-refractivity contribution in [2.24, 2.45) is 10.2 Å². The number of fused-ring (bicyclic) bond motifs is 1. The minimum atomic E-state index is -2.44. The van der Waals surface area contributed by atoms with E-state index in [4.69, 9.17) is 4.42 Å². The summed E-state index contributed by atoms with van der Waals surface area (Å²) in [5.74, 6) is -1.74. The number of alkyl halides is 2. The van der Waals surface area contributed by atoms with E-state index in [1.807, 2.05) is 31.2 Å². The van der Waals surface area contributed by atoms with Crippen molar-refractivity contribution >= 4 is 35.3 Å². The van der Waals surface area contributed by atoms with Crippen molar-refractivity contribution in [3.05, 3.63) is 53.5 Å². The molecule has 0 spiro atoms. The number of likely N-dealkylation sites (N-methyl/N-ethyl adjacent to an activating group) is 1. The van der Waals surface area contributed by atoms with Crippen LogP contribution in [0.15, 0.2) is 51.0 Å².